The van der Waals surface area contributed by atoms with Crippen LogP contribution in [0.5, 0.6) is 0 Å². The predicted molar refractivity (Wildman–Crippen MR) is 148 cm³/mol. The number of carbonyl (C=O) groups excluding carboxylic acids is 1. The third-order valence-corrected chi connectivity index (χ3v) is 8.03. The van der Waals surface area contributed by atoms with E-state index in [1.54, 1.807) is 0 Å². The summed E-state index contributed by atoms with van der Waals surface area (Å²) in [5.41, 5.74) is 6.90. The van der Waals surface area contributed by atoms with Crippen LogP contribution in [-0.4, -0.2) is 82.3 Å². The smallest absolute Gasteiger partial charge is 0.324 e. The number of piperidine rings is 1. The first kappa shape index (κ1) is 30.0. The third kappa shape index (κ3) is 6.01. The van der Waals surface area contributed by atoms with Crippen molar-refractivity contribution in [2.45, 2.75) is 56.1 Å². The highest BCUT2D eigenvalue weighted by molar-refractivity contribution is 5.94. The lowest BCUT2D eigenvalue weighted by Gasteiger charge is -2.38. The molecule has 4 heterocycles. The number of alkyl halides is 1. The summed E-state index contributed by atoms with van der Waals surface area (Å²) in [6.45, 7) is 1.86. The van der Waals surface area contributed by atoms with Gasteiger partial charge in [-0.2, -0.15) is 4.98 Å². The molecule has 1 aliphatic carbocycles. The topological polar surface area (TPSA) is 127 Å². The van der Waals surface area contributed by atoms with Crippen LogP contribution in [0, 0.1) is 11.6 Å². The van der Waals surface area contributed by atoms with Gasteiger partial charge in [-0.25, -0.2) is 23.1 Å². The van der Waals surface area contributed by atoms with Gasteiger partial charge in [-0.15, -0.1) is 12.4 Å². The molecule has 1 aromatic carbocycles. The lowest BCUT2D eigenvalue weighted by atomic mass is 9.94. The van der Waals surface area contributed by atoms with Crippen molar-refractivity contribution in [2.24, 2.45) is 5.73 Å². The zero-order valence-electron chi connectivity index (χ0n) is 22.9. The van der Waals surface area contributed by atoms with Gasteiger partial charge in [0, 0.05) is 69.7 Å². The maximum absolute atomic E-state index is 14.4. The SMILES string of the molecule is CO[C@@H](F)c1noc(N2CCC(N(C(=O)c3cnc(N4C[C@H](c5cc(F)ccc5F)[C@@H](N)C4)nc3)C3CC3)CC2)n1.Cl. The van der Waals surface area contributed by atoms with E-state index in [-0.39, 0.29) is 47.8 Å². The van der Waals surface area contributed by atoms with E-state index < -0.39 is 30.0 Å². The molecule has 2 aliphatic heterocycles. The number of aromatic nitrogens is 4. The summed E-state index contributed by atoms with van der Waals surface area (Å²) in [6, 6.07) is 3.36. The number of benzene rings is 1. The Balaban J connectivity index is 0.00000353. The van der Waals surface area contributed by atoms with E-state index >= 15 is 0 Å². The van der Waals surface area contributed by atoms with Crippen molar-refractivity contribution >= 4 is 30.3 Å². The van der Waals surface area contributed by atoms with Gasteiger partial charge in [-0.05, 0) is 49.4 Å². The number of rotatable bonds is 8. The fraction of sp³-hybridized carbons (Fsp3) is 0.519. The number of nitrogens with zero attached hydrogens (tertiary/aromatic N) is 7. The van der Waals surface area contributed by atoms with Crippen molar-refractivity contribution in [1.82, 2.24) is 25.0 Å². The van der Waals surface area contributed by atoms with Crippen molar-refractivity contribution in [3.63, 3.8) is 0 Å². The predicted octanol–water partition coefficient (Wildman–Crippen LogP) is 3.38. The average molecular weight is 609 g/mol. The van der Waals surface area contributed by atoms with E-state index in [2.05, 4.69) is 24.8 Å². The third-order valence-electron chi connectivity index (χ3n) is 8.03. The Hall–Kier alpha value is -3.49. The van der Waals surface area contributed by atoms with E-state index in [9.17, 15) is 18.0 Å². The average Bonchev–Trinajstić information content (AvgIpc) is 3.55. The van der Waals surface area contributed by atoms with Crippen LogP contribution in [0.1, 0.15) is 59.7 Å². The summed E-state index contributed by atoms with van der Waals surface area (Å²) in [4.78, 5) is 32.2. The standard InChI is InChI=1S/C27H31F3N8O3.ClH/c1-40-23(30)24-34-27(41-35-24)36-8-6-18(7-9-36)38(17-3-4-17)25(39)15-11-32-26(33-12-15)37-13-20(22(31)14-37)19-10-16(28)2-5-21(19)29;/h2,5,10-12,17-18,20,22-23H,3-4,6-9,13-14,31H2,1H3;1H/t20-,22+,23-;/m1./s1. The minimum atomic E-state index is -1.75. The molecule has 11 nitrogen and oxygen atoms in total. The maximum atomic E-state index is 14.4. The maximum Gasteiger partial charge on any atom is 0.324 e. The Morgan fingerprint density at radius 1 is 1.10 bits per heavy atom. The quantitative estimate of drug-likeness (QED) is 0.407. The zero-order chi connectivity index (χ0) is 28.7. The number of carbonyl (C=O) groups is 1. The molecule has 6 rings (SSSR count). The molecule has 3 aliphatic rings. The lowest BCUT2D eigenvalue weighted by Crippen LogP contribution is -2.48. The molecule has 0 radical (unpaired) electrons. The second-order valence-electron chi connectivity index (χ2n) is 10.8. The Bertz CT molecular complexity index is 1390. The highest BCUT2D eigenvalue weighted by atomic mass is 35.5. The molecule has 2 N–H and O–H groups in total. The van der Waals surface area contributed by atoms with Gasteiger partial charge in [0.05, 0.1) is 5.56 Å². The fourth-order valence-electron chi connectivity index (χ4n) is 5.73. The fourth-order valence-corrected chi connectivity index (χ4v) is 5.73. The molecule has 1 amide bonds. The first-order valence-electron chi connectivity index (χ1n) is 13.7. The van der Waals surface area contributed by atoms with Gasteiger partial charge in [0.15, 0.2) is 0 Å². The van der Waals surface area contributed by atoms with Gasteiger partial charge in [0.25, 0.3) is 12.3 Å². The summed E-state index contributed by atoms with van der Waals surface area (Å²) in [7, 11) is 1.23. The van der Waals surface area contributed by atoms with E-state index in [0.717, 1.165) is 25.0 Å². The molecule has 0 unspecified atom stereocenters. The summed E-state index contributed by atoms with van der Waals surface area (Å²) < 4.78 is 51.6. The zero-order valence-corrected chi connectivity index (χ0v) is 23.7. The normalized spacial score (nSPS) is 21.7. The van der Waals surface area contributed by atoms with E-state index in [1.165, 1.54) is 25.6 Å². The molecule has 2 aromatic heterocycles. The second-order valence-corrected chi connectivity index (χ2v) is 10.8. The number of ether oxygens (including phenoxy) is 1. The highest BCUT2D eigenvalue weighted by Crippen LogP contribution is 2.35. The van der Waals surface area contributed by atoms with E-state index in [1.807, 2.05) is 14.7 Å². The summed E-state index contributed by atoms with van der Waals surface area (Å²) >= 11 is 0. The Kier molecular flexibility index (Phi) is 8.85. The molecule has 3 aromatic rings. The van der Waals surface area contributed by atoms with Gasteiger partial charge in [-0.1, -0.05) is 5.16 Å². The lowest BCUT2D eigenvalue weighted by molar-refractivity contribution is -0.0149. The Morgan fingerprint density at radius 2 is 1.79 bits per heavy atom. The molecule has 226 valence electrons. The first-order chi connectivity index (χ1) is 19.8. The first-order valence-corrected chi connectivity index (χ1v) is 13.7. The number of anilines is 2. The minimum Gasteiger partial charge on any atom is -0.345 e. The van der Waals surface area contributed by atoms with Crippen LogP contribution in [0.25, 0.3) is 0 Å². The number of hydrogen-bond donors (Lipinski definition) is 1. The van der Waals surface area contributed by atoms with Crippen molar-refractivity contribution in [1.29, 1.82) is 0 Å². The monoisotopic (exact) mass is 608 g/mol. The van der Waals surface area contributed by atoms with Crippen LogP contribution in [0.2, 0.25) is 0 Å². The summed E-state index contributed by atoms with van der Waals surface area (Å²) in [5.74, 6) is -1.33. The van der Waals surface area contributed by atoms with Gasteiger partial charge in [-0.3, -0.25) is 4.79 Å². The Labute approximate surface area is 246 Å². The minimum absolute atomic E-state index is 0. The second kappa shape index (κ2) is 12.4. The summed E-state index contributed by atoms with van der Waals surface area (Å²) in [5, 5.41) is 3.64. The number of hydrogen-bond acceptors (Lipinski definition) is 10. The molecule has 2 saturated heterocycles. The van der Waals surface area contributed by atoms with Crippen molar-refractivity contribution in [3.8, 4) is 0 Å². The Morgan fingerprint density at radius 3 is 2.45 bits per heavy atom. The molecule has 42 heavy (non-hydrogen) atoms. The molecule has 15 heteroatoms. The molecule has 0 spiro atoms. The molecule has 1 saturated carbocycles. The molecule has 3 atom stereocenters. The van der Waals surface area contributed by atoms with Gasteiger partial charge in [0.2, 0.25) is 11.8 Å². The van der Waals surface area contributed by atoms with E-state index in [0.29, 0.717) is 50.5 Å². The van der Waals surface area contributed by atoms with Crippen LogP contribution in [0.15, 0.2) is 35.1 Å². The van der Waals surface area contributed by atoms with Gasteiger partial charge in [0.1, 0.15) is 11.6 Å². The molecule has 0 bridgehead atoms. The molecule has 3 fully saturated rings. The van der Waals surface area contributed by atoms with Crippen LogP contribution in [0.4, 0.5) is 25.1 Å². The van der Waals surface area contributed by atoms with Crippen molar-refractivity contribution in [2.75, 3.05) is 43.1 Å². The van der Waals surface area contributed by atoms with Crippen LogP contribution in [-0.2, 0) is 4.74 Å². The van der Waals surface area contributed by atoms with Crippen LogP contribution in [0.3, 0.4) is 0 Å². The van der Waals surface area contributed by atoms with Crippen molar-refractivity contribution < 1.29 is 27.2 Å². The van der Waals surface area contributed by atoms with Crippen LogP contribution >= 0.6 is 12.4 Å². The highest BCUT2D eigenvalue weighted by Gasteiger charge is 2.40. The van der Waals surface area contributed by atoms with Crippen molar-refractivity contribution in [3.05, 3.63) is 59.2 Å². The summed E-state index contributed by atoms with van der Waals surface area (Å²) in [6.07, 6.45) is 4.53. The largest absolute Gasteiger partial charge is 0.345 e. The van der Waals surface area contributed by atoms with Gasteiger partial charge >= 0.3 is 6.01 Å². The molecular formula is C27H32ClF3N8O3. The molecular weight excluding hydrogens is 577 g/mol. The number of nitrogens with two attached hydrogens (primary N) is 1. The van der Waals surface area contributed by atoms with Gasteiger partial charge < -0.3 is 29.7 Å². The number of amides is 1. The van der Waals surface area contributed by atoms with E-state index in [4.69, 9.17) is 10.3 Å². The number of methoxy groups -OCH3 is 1. The number of halogens is 4. The van der Waals surface area contributed by atoms with Crippen LogP contribution < -0.4 is 15.5 Å².